The van der Waals surface area contributed by atoms with Gasteiger partial charge in [0.1, 0.15) is 11.2 Å². The van der Waals surface area contributed by atoms with E-state index < -0.39 is 0 Å². The highest BCUT2D eigenvalue weighted by atomic mass is 16.5. The SMILES string of the molecule is Nc1ncc(-c2nc(N3CCOCC3)nc3c2ncn3CC2CCNCC2)cn1. The molecule has 0 bridgehead atoms. The Kier molecular flexibility index (Phi) is 4.94. The van der Waals surface area contributed by atoms with Crippen LogP contribution in [0.3, 0.4) is 0 Å². The molecule has 0 spiro atoms. The summed E-state index contributed by atoms with van der Waals surface area (Å²) < 4.78 is 7.66. The lowest BCUT2D eigenvalue weighted by molar-refractivity contribution is 0.122. The largest absolute Gasteiger partial charge is 0.378 e. The normalized spacial score (nSPS) is 18.4. The maximum absolute atomic E-state index is 5.67. The molecule has 0 aromatic carbocycles. The zero-order valence-electron chi connectivity index (χ0n) is 16.3. The highest BCUT2D eigenvalue weighted by molar-refractivity contribution is 5.88. The maximum Gasteiger partial charge on any atom is 0.228 e. The number of imidazole rings is 1. The molecule has 0 amide bonds. The second-order valence-corrected chi connectivity index (χ2v) is 7.56. The van der Waals surface area contributed by atoms with Crippen molar-refractivity contribution < 1.29 is 4.74 Å². The predicted octanol–water partition coefficient (Wildman–Crippen LogP) is 0.702. The molecule has 3 aromatic rings. The van der Waals surface area contributed by atoms with Crippen LogP contribution in [-0.2, 0) is 11.3 Å². The fourth-order valence-electron chi connectivity index (χ4n) is 3.98. The molecule has 0 aliphatic carbocycles. The Morgan fingerprint density at radius 1 is 1.07 bits per heavy atom. The third-order valence-electron chi connectivity index (χ3n) is 5.60. The number of nitrogens with zero attached hydrogens (tertiary/aromatic N) is 7. The van der Waals surface area contributed by atoms with E-state index in [4.69, 9.17) is 20.4 Å². The standard InChI is InChI=1S/C19H25N9O/c20-18-22-9-14(10-23-18)15-16-17(26-19(25-15)27-5-7-29-8-6-27)28(12-24-16)11-13-1-3-21-4-2-13/h9-10,12-13,21H,1-8,11H2,(H2,20,22,23). The number of aromatic nitrogens is 6. The minimum Gasteiger partial charge on any atom is -0.378 e. The first-order valence-electron chi connectivity index (χ1n) is 10.1. The highest BCUT2D eigenvalue weighted by Crippen LogP contribution is 2.28. The molecule has 2 saturated heterocycles. The Hall–Kier alpha value is -2.85. The molecule has 0 radical (unpaired) electrons. The summed E-state index contributed by atoms with van der Waals surface area (Å²) >= 11 is 0. The molecule has 5 rings (SSSR count). The lowest BCUT2D eigenvalue weighted by atomic mass is 9.98. The first kappa shape index (κ1) is 18.2. The number of hydrogen-bond donors (Lipinski definition) is 2. The van der Waals surface area contributed by atoms with Gasteiger partial charge < -0.3 is 25.3 Å². The quantitative estimate of drug-likeness (QED) is 0.658. The second kappa shape index (κ2) is 7.88. The predicted molar refractivity (Wildman–Crippen MR) is 109 cm³/mol. The minimum atomic E-state index is 0.240. The average Bonchev–Trinajstić information content (AvgIpc) is 3.18. The van der Waals surface area contributed by atoms with Crippen LogP contribution >= 0.6 is 0 Å². The van der Waals surface area contributed by atoms with Gasteiger partial charge in [0, 0.05) is 37.6 Å². The molecule has 0 unspecified atom stereocenters. The van der Waals surface area contributed by atoms with Gasteiger partial charge >= 0.3 is 0 Å². The summed E-state index contributed by atoms with van der Waals surface area (Å²) in [4.78, 5) is 24.8. The Balaban J connectivity index is 1.58. The molecule has 0 atom stereocenters. The number of anilines is 2. The van der Waals surface area contributed by atoms with Crippen molar-refractivity contribution in [3.8, 4) is 11.3 Å². The van der Waals surface area contributed by atoms with Crippen molar-refractivity contribution in [2.24, 2.45) is 5.92 Å². The molecule has 10 heteroatoms. The summed E-state index contributed by atoms with van der Waals surface area (Å²) in [5, 5.41) is 3.43. The fourth-order valence-corrected chi connectivity index (χ4v) is 3.98. The molecule has 29 heavy (non-hydrogen) atoms. The zero-order valence-corrected chi connectivity index (χ0v) is 16.3. The smallest absolute Gasteiger partial charge is 0.228 e. The van der Waals surface area contributed by atoms with E-state index in [1.807, 2.05) is 6.33 Å². The number of morpholine rings is 1. The van der Waals surface area contributed by atoms with Gasteiger partial charge in [-0.1, -0.05) is 0 Å². The first-order chi connectivity index (χ1) is 14.3. The third kappa shape index (κ3) is 3.73. The fraction of sp³-hybridized carbons (Fsp3) is 0.526. The van der Waals surface area contributed by atoms with Crippen molar-refractivity contribution in [1.29, 1.82) is 0 Å². The monoisotopic (exact) mass is 395 g/mol. The molecule has 2 fully saturated rings. The van der Waals surface area contributed by atoms with E-state index in [2.05, 4.69) is 29.7 Å². The van der Waals surface area contributed by atoms with E-state index in [1.165, 1.54) is 12.8 Å². The van der Waals surface area contributed by atoms with E-state index in [-0.39, 0.29) is 5.95 Å². The van der Waals surface area contributed by atoms with Crippen LogP contribution in [0.5, 0.6) is 0 Å². The van der Waals surface area contributed by atoms with Crippen LogP contribution in [-0.4, -0.2) is 68.9 Å². The summed E-state index contributed by atoms with van der Waals surface area (Å²) in [7, 11) is 0. The number of nitrogens with two attached hydrogens (primary N) is 1. The van der Waals surface area contributed by atoms with Crippen LogP contribution in [0.4, 0.5) is 11.9 Å². The number of piperidine rings is 1. The van der Waals surface area contributed by atoms with Crippen molar-refractivity contribution in [2.45, 2.75) is 19.4 Å². The van der Waals surface area contributed by atoms with E-state index >= 15 is 0 Å². The van der Waals surface area contributed by atoms with Gasteiger partial charge in [-0.05, 0) is 31.8 Å². The molecular weight excluding hydrogens is 370 g/mol. The molecule has 3 aromatic heterocycles. The van der Waals surface area contributed by atoms with E-state index in [1.54, 1.807) is 12.4 Å². The van der Waals surface area contributed by atoms with Crippen molar-refractivity contribution >= 4 is 23.1 Å². The number of ether oxygens (including phenoxy) is 1. The van der Waals surface area contributed by atoms with Crippen molar-refractivity contribution in [1.82, 2.24) is 34.8 Å². The molecule has 152 valence electrons. The Morgan fingerprint density at radius 3 is 2.59 bits per heavy atom. The van der Waals surface area contributed by atoms with Crippen LogP contribution in [0.15, 0.2) is 18.7 Å². The van der Waals surface area contributed by atoms with Gasteiger partial charge in [-0.25, -0.2) is 19.9 Å². The van der Waals surface area contributed by atoms with Gasteiger partial charge in [0.05, 0.1) is 19.5 Å². The van der Waals surface area contributed by atoms with Crippen molar-refractivity contribution in [2.75, 3.05) is 50.0 Å². The number of nitrogens with one attached hydrogen (secondary N) is 1. The lowest BCUT2D eigenvalue weighted by Crippen LogP contribution is -2.37. The Morgan fingerprint density at radius 2 is 1.83 bits per heavy atom. The zero-order chi connectivity index (χ0) is 19.6. The van der Waals surface area contributed by atoms with Gasteiger partial charge in [-0.3, -0.25) is 0 Å². The molecule has 0 saturated carbocycles. The lowest BCUT2D eigenvalue weighted by Gasteiger charge is -2.27. The summed E-state index contributed by atoms with van der Waals surface area (Å²) in [5.41, 5.74) is 8.81. The molecule has 3 N–H and O–H groups in total. The topological polar surface area (TPSA) is 120 Å². The first-order valence-corrected chi connectivity index (χ1v) is 10.1. The Bertz CT molecular complexity index is 975. The number of rotatable bonds is 4. The number of nitrogen functional groups attached to an aromatic ring is 1. The summed E-state index contributed by atoms with van der Waals surface area (Å²) in [6.45, 7) is 5.94. The van der Waals surface area contributed by atoms with Gasteiger partial charge in [-0.2, -0.15) is 4.98 Å². The third-order valence-corrected chi connectivity index (χ3v) is 5.60. The summed E-state index contributed by atoms with van der Waals surface area (Å²) in [5.74, 6) is 1.56. The van der Waals surface area contributed by atoms with Crippen molar-refractivity contribution in [3.63, 3.8) is 0 Å². The van der Waals surface area contributed by atoms with Crippen LogP contribution in [0.2, 0.25) is 0 Å². The summed E-state index contributed by atoms with van der Waals surface area (Å²) in [6.07, 6.45) is 7.60. The van der Waals surface area contributed by atoms with Crippen LogP contribution in [0.1, 0.15) is 12.8 Å². The molecule has 2 aliphatic heterocycles. The van der Waals surface area contributed by atoms with Gasteiger partial charge in [0.2, 0.25) is 11.9 Å². The molecule has 10 nitrogen and oxygen atoms in total. The number of fused-ring (bicyclic) bond motifs is 1. The van der Waals surface area contributed by atoms with E-state index in [0.717, 1.165) is 55.1 Å². The second-order valence-electron chi connectivity index (χ2n) is 7.56. The van der Waals surface area contributed by atoms with Gasteiger partial charge in [0.25, 0.3) is 0 Å². The average molecular weight is 395 g/mol. The van der Waals surface area contributed by atoms with Gasteiger partial charge in [-0.15, -0.1) is 0 Å². The summed E-state index contributed by atoms with van der Waals surface area (Å²) in [6, 6.07) is 0. The molecule has 5 heterocycles. The molecular formula is C19H25N9O. The van der Waals surface area contributed by atoms with Crippen molar-refractivity contribution in [3.05, 3.63) is 18.7 Å². The van der Waals surface area contributed by atoms with Crippen LogP contribution in [0, 0.1) is 5.92 Å². The van der Waals surface area contributed by atoms with E-state index in [0.29, 0.717) is 25.1 Å². The maximum atomic E-state index is 5.67. The minimum absolute atomic E-state index is 0.240. The molecule has 2 aliphatic rings. The van der Waals surface area contributed by atoms with Gasteiger partial charge in [0.15, 0.2) is 5.65 Å². The Labute approximate surface area is 168 Å². The van der Waals surface area contributed by atoms with Crippen LogP contribution < -0.4 is 16.0 Å². The van der Waals surface area contributed by atoms with E-state index in [9.17, 15) is 0 Å². The number of hydrogen-bond acceptors (Lipinski definition) is 9. The highest BCUT2D eigenvalue weighted by Gasteiger charge is 2.22. The van der Waals surface area contributed by atoms with Crippen LogP contribution in [0.25, 0.3) is 22.4 Å².